The number of methoxy groups -OCH3 is 1. The summed E-state index contributed by atoms with van der Waals surface area (Å²) in [4.78, 5) is 14.9. The predicted molar refractivity (Wildman–Crippen MR) is 117 cm³/mol. The van der Waals surface area contributed by atoms with E-state index in [1.807, 2.05) is 19.1 Å². The third-order valence-electron chi connectivity index (χ3n) is 5.64. The molecule has 1 aliphatic rings. The minimum absolute atomic E-state index is 0.165. The lowest BCUT2D eigenvalue weighted by Crippen LogP contribution is -2.40. The fourth-order valence-electron chi connectivity index (χ4n) is 4.36. The molecule has 2 atom stereocenters. The Kier molecular flexibility index (Phi) is 5.98. The third kappa shape index (κ3) is 3.64. The highest BCUT2D eigenvalue weighted by molar-refractivity contribution is 5.80. The molecule has 1 fully saturated rings. The van der Waals surface area contributed by atoms with Crippen LogP contribution in [0.1, 0.15) is 29.2 Å². The molecule has 4 nitrogen and oxygen atoms in total. The van der Waals surface area contributed by atoms with Crippen LogP contribution < -0.4 is 0 Å². The highest BCUT2D eigenvalue weighted by Crippen LogP contribution is 2.48. The van der Waals surface area contributed by atoms with E-state index < -0.39 is 5.54 Å². The zero-order valence-corrected chi connectivity index (χ0v) is 17.5. The maximum Gasteiger partial charge on any atom is 0.324 e. The van der Waals surface area contributed by atoms with E-state index >= 15 is 0 Å². The zero-order chi connectivity index (χ0) is 21.0. The molecule has 154 valence electrons. The van der Waals surface area contributed by atoms with Gasteiger partial charge in [0.2, 0.25) is 0 Å². The Morgan fingerprint density at radius 1 is 0.933 bits per heavy atom. The van der Waals surface area contributed by atoms with Gasteiger partial charge < -0.3 is 9.47 Å². The number of carbonyl (C=O) groups excluding carboxylic acids is 1. The summed E-state index contributed by atoms with van der Waals surface area (Å²) in [7, 11) is 1.70. The van der Waals surface area contributed by atoms with Crippen molar-refractivity contribution in [3.63, 3.8) is 0 Å². The summed E-state index contributed by atoms with van der Waals surface area (Å²) in [6.07, 6.45) is 0. The number of rotatable bonds is 8. The van der Waals surface area contributed by atoms with Gasteiger partial charge in [0.05, 0.1) is 18.8 Å². The van der Waals surface area contributed by atoms with E-state index in [1.54, 1.807) is 7.11 Å². The molecule has 1 saturated heterocycles. The van der Waals surface area contributed by atoms with E-state index in [1.165, 1.54) is 0 Å². The van der Waals surface area contributed by atoms with Gasteiger partial charge in [-0.2, -0.15) is 0 Å². The van der Waals surface area contributed by atoms with Crippen LogP contribution in [0.4, 0.5) is 0 Å². The molecule has 1 unspecified atom stereocenters. The quantitative estimate of drug-likeness (QED) is 0.319. The molecule has 4 heteroatoms. The Balaban J connectivity index is 1.94. The molecule has 3 aromatic rings. The van der Waals surface area contributed by atoms with E-state index in [0.29, 0.717) is 19.8 Å². The van der Waals surface area contributed by atoms with Crippen molar-refractivity contribution in [2.24, 2.45) is 0 Å². The van der Waals surface area contributed by atoms with Crippen molar-refractivity contribution in [1.82, 2.24) is 4.90 Å². The predicted octanol–water partition coefficient (Wildman–Crippen LogP) is 4.37. The summed E-state index contributed by atoms with van der Waals surface area (Å²) in [5, 5.41) is 0. The summed E-state index contributed by atoms with van der Waals surface area (Å²) in [5.74, 6) is -0.165. The minimum Gasteiger partial charge on any atom is -0.465 e. The van der Waals surface area contributed by atoms with Crippen LogP contribution >= 0.6 is 0 Å². The SMILES string of the molecule is CCOC(=O)[C@H]1CN1C(c1ccccc1)(c1ccccc1)c1cccc(COC)c1. The van der Waals surface area contributed by atoms with E-state index in [4.69, 9.17) is 9.47 Å². The van der Waals surface area contributed by atoms with Gasteiger partial charge in [-0.3, -0.25) is 9.69 Å². The fraction of sp³-hybridized carbons (Fsp3) is 0.269. The monoisotopic (exact) mass is 401 g/mol. The molecular formula is C26H27NO3. The average molecular weight is 402 g/mol. The average Bonchev–Trinajstić information content (AvgIpc) is 3.58. The lowest BCUT2D eigenvalue weighted by Gasteiger charge is -2.38. The molecule has 0 saturated carbocycles. The Morgan fingerprint density at radius 2 is 1.53 bits per heavy atom. The molecule has 30 heavy (non-hydrogen) atoms. The van der Waals surface area contributed by atoms with Gasteiger partial charge in [0.25, 0.3) is 0 Å². The number of benzene rings is 3. The Morgan fingerprint density at radius 3 is 2.10 bits per heavy atom. The van der Waals surface area contributed by atoms with Crippen LogP contribution in [0.2, 0.25) is 0 Å². The molecule has 3 aromatic carbocycles. The maximum atomic E-state index is 12.6. The molecule has 4 rings (SSSR count). The van der Waals surface area contributed by atoms with Gasteiger partial charge in [0.1, 0.15) is 6.04 Å². The Hall–Kier alpha value is -2.95. The molecule has 0 spiro atoms. The lowest BCUT2D eigenvalue weighted by molar-refractivity contribution is -0.143. The molecule has 1 aliphatic heterocycles. The number of ether oxygens (including phenoxy) is 2. The first-order valence-corrected chi connectivity index (χ1v) is 10.3. The van der Waals surface area contributed by atoms with Crippen LogP contribution in [-0.2, 0) is 26.4 Å². The Labute approximate surface area is 178 Å². The summed E-state index contributed by atoms with van der Waals surface area (Å²) in [6, 6.07) is 29.0. The smallest absolute Gasteiger partial charge is 0.324 e. The third-order valence-corrected chi connectivity index (χ3v) is 5.64. The number of nitrogens with zero attached hydrogens (tertiary/aromatic N) is 1. The van der Waals surface area contributed by atoms with Gasteiger partial charge in [-0.1, -0.05) is 84.9 Å². The van der Waals surface area contributed by atoms with Crippen LogP contribution in [0.3, 0.4) is 0 Å². The van der Waals surface area contributed by atoms with Crippen LogP contribution in [0, 0.1) is 0 Å². The number of esters is 1. The number of hydrogen-bond donors (Lipinski definition) is 0. The standard InChI is InChI=1S/C26H27NO3/c1-3-30-25(28)24-18-27(24)26(21-12-6-4-7-13-21,22-14-8-5-9-15-22)23-16-10-11-20(17-23)19-29-2/h4-17,24H,3,18-19H2,1-2H3/t24-,27?/m1/s1. The van der Waals surface area contributed by atoms with E-state index in [9.17, 15) is 4.79 Å². The van der Waals surface area contributed by atoms with Gasteiger partial charge in [-0.25, -0.2) is 0 Å². The van der Waals surface area contributed by atoms with Crippen molar-refractivity contribution in [2.45, 2.75) is 25.1 Å². The van der Waals surface area contributed by atoms with Crippen molar-refractivity contribution in [3.05, 3.63) is 107 Å². The van der Waals surface area contributed by atoms with E-state index in [2.05, 4.69) is 77.7 Å². The normalized spacial score (nSPS) is 18.1. The topological polar surface area (TPSA) is 38.5 Å². The first-order chi connectivity index (χ1) is 14.7. The van der Waals surface area contributed by atoms with Crippen LogP contribution in [0.5, 0.6) is 0 Å². The van der Waals surface area contributed by atoms with Crippen molar-refractivity contribution >= 4 is 5.97 Å². The molecule has 0 amide bonds. The summed E-state index contributed by atoms with van der Waals surface area (Å²) in [6.45, 7) is 3.42. The molecule has 1 heterocycles. The molecule has 0 N–H and O–H groups in total. The van der Waals surface area contributed by atoms with Gasteiger partial charge >= 0.3 is 5.97 Å². The summed E-state index contributed by atoms with van der Waals surface area (Å²) < 4.78 is 10.7. The van der Waals surface area contributed by atoms with Gasteiger partial charge in [-0.15, -0.1) is 0 Å². The largest absolute Gasteiger partial charge is 0.465 e. The first-order valence-electron chi connectivity index (χ1n) is 10.3. The molecule has 0 radical (unpaired) electrons. The van der Waals surface area contributed by atoms with Gasteiger partial charge in [-0.05, 0) is 29.2 Å². The van der Waals surface area contributed by atoms with Crippen molar-refractivity contribution in [1.29, 1.82) is 0 Å². The van der Waals surface area contributed by atoms with Gasteiger partial charge in [0.15, 0.2) is 0 Å². The Bertz CT molecular complexity index is 948. The zero-order valence-electron chi connectivity index (χ0n) is 17.5. The molecule has 0 bridgehead atoms. The molecular weight excluding hydrogens is 374 g/mol. The molecule has 0 aliphatic carbocycles. The van der Waals surface area contributed by atoms with Gasteiger partial charge in [0, 0.05) is 13.7 Å². The summed E-state index contributed by atoms with van der Waals surface area (Å²) in [5.41, 5.74) is 3.86. The second-order valence-corrected chi connectivity index (χ2v) is 7.50. The van der Waals surface area contributed by atoms with Crippen molar-refractivity contribution in [3.8, 4) is 0 Å². The van der Waals surface area contributed by atoms with E-state index in [-0.39, 0.29) is 12.0 Å². The van der Waals surface area contributed by atoms with Crippen LogP contribution in [0.15, 0.2) is 84.9 Å². The van der Waals surface area contributed by atoms with Crippen molar-refractivity contribution < 1.29 is 14.3 Å². The second-order valence-electron chi connectivity index (χ2n) is 7.50. The van der Waals surface area contributed by atoms with Crippen LogP contribution in [-0.4, -0.2) is 37.2 Å². The maximum absolute atomic E-state index is 12.6. The lowest BCUT2D eigenvalue weighted by atomic mass is 9.76. The van der Waals surface area contributed by atoms with E-state index in [0.717, 1.165) is 22.3 Å². The number of carbonyl (C=O) groups is 1. The first kappa shape index (κ1) is 20.3. The van der Waals surface area contributed by atoms with Crippen molar-refractivity contribution in [2.75, 3.05) is 20.3 Å². The summed E-state index contributed by atoms with van der Waals surface area (Å²) >= 11 is 0. The highest BCUT2D eigenvalue weighted by atomic mass is 16.5. The fourth-order valence-corrected chi connectivity index (χ4v) is 4.36. The highest BCUT2D eigenvalue weighted by Gasteiger charge is 2.56. The molecule has 0 aromatic heterocycles. The minimum atomic E-state index is -0.594. The number of hydrogen-bond acceptors (Lipinski definition) is 4. The van der Waals surface area contributed by atoms with Crippen LogP contribution in [0.25, 0.3) is 0 Å². The second kappa shape index (κ2) is 8.82.